The van der Waals surface area contributed by atoms with Crippen LogP contribution < -0.4 is 15.4 Å². The van der Waals surface area contributed by atoms with Crippen molar-refractivity contribution >= 4 is 23.2 Å². The highest BCUT2D eigenvalue weighted by Crippen LogP contribution is 2.16. The first-order chi connectivity index (χ1) is 11.0. The molecule has 2 amide bonds. The molecule has 2 aromatic rings. The minimum absolute atomic E-state index is 0.0499. The summed E-state index contributed by atoms with van der Waals surface area (Å²) >= 11 is 0. The molecule has 0 unspecified atom stereocenters. The van der Waals surface area contributed by atoms with Crippen LogP contribution >= 0.6 is 0 Å². The van der Waals surface area contributed by atoms with E-state index in [1.54, 1.807) is 36.4 Å². The van der Waals surface area contributed by atoms with Crippen molar-refractivity contribution < 1.29 is 14.3 Å². The molecule has 23 heavy (non-hydrogen) atoms. The van der Waals surface area contributed by atoms with Gasteiger partial charge < -0.3 is 15.4 Å². The molecule has 2 N–H and O–H groups in total. The Morgan fingerprint density at radius 1 is 1.00 bits per heavy atom. The van der Waals surface area contributed by atoms with Gasteiger partial charge in [0, 0.05) is 29.6 Å². The zero-order valence-corrected chi connectivity index (χ0v) is 13.3. The number of ether oxygens (including phenoxy) is 1. The maximum Gasteiger partial charge on any atom is 0.257 e. The van der Waals surface area contributed by atoms with E-state index in [0.717, 1.165) is 0 Å². The van der Waals surface area contributed by atoms with E-state index in [9.17, 15) is 9.59 Å². The third kappa shape index (κ3) is 4.54. The first kappa shape index (κ1) is 16.5. The molecular weight excluding hydrogens is 294 g/mol. The van der Waals surface area contributed by atoms with E-state index < -0.39 is 0 Å². The quantitative estimate of drug-likeness (QED) is 0.889. The van der Waals surface area contributed by atoms with Gasteiger partial charge in [-0.2, -0.15) is 0 Å². The lowest BCUT2D eigenvalue weighted by molar-refractivity contribution is -0.118. The zero-order valence-electron chi connectivity index (χ0n) is 13.3. The average Bonchev–Trinajstić information content (AvgIpc) is 2.56. The van der Waals surface area contributed by atoms with Crippen LogP contribution in [0.1, 0.15) is 24.2 Å². The summed E-state index contributed by atoms with van der Waals surface area (Å²) in [5.41, 5.74) is 1.75. The van der Waals surface area contributed by atoms with Crippen molar-refractivity contribution in [1.82, 2.24) is 4.98 Å². The highest BCUT2D eigenvalue weighted by molar-refractivity contribution is 6.04. The number of rotatable bonds is 5. The smallest absolute Gasteiger partial charge is 0.257 e. The van der Waals surface area contributed by atoms with Gasteiger partial charge in [0.1, 0.15) is 0 Å². The molecule has 1 aromatic heterocycles. The summed E-state index contributed by atoms with van der Waals surface area (Å²) in [5, 5.41) is 5.56. The summed E-state index contributed by atoms with van der Waals surface area (Å²) < 4.78 is 4.95. The fourth-order valence-corrected chi connectivity index (χ4v) is 1.76. The molecule has 0 aliphatic rings. The fourth-order valence-electron chi connectivity index (χ4n) is 1.76. The minimum atomic E-state index is -0.265. The number of nitrogens with one attached hydrogen (secondary N) is 2. The van der Waals surface area contributed by atoms with E-state index in [4.69, 9.17) is 4.74 Å². The largest absolute Gasteiger partial charge is 0.481 e. The van der Waals surface area contributed by atoms with Gasteiger partial charge in [0.05, 0.1) is 12.7 Å². The molecule has 2 rings (SSSR count). The minimum Gasteiger partial charge on any atom is -0.481 e. The summed E-state index contributed by atoms with van der Waals surface area (Å²) in [6.45, 7) is 3.65. The van der Waals surface area contributed by atoms with Crippen LogP contribution in [0, 0.1) is 5.92 Å². The first-order valence-corrected chi connectivity index (χ1v) is 7.22. The maximum atomic E-state index is 12.1. The van der Waals surface area contributed by atoms with Crippen LogP contribution in [0.15, 0.2) is 42.6 Å². The van der Waals surface area contributed by atoms with Crippen molar-refractivity contribution in [3.63, 3.8) is 0 Å². The van der Waals surface area contributed by atoms with E-state index >= 15 is 0 Å². The van der Waals surface area contributed by atoms with E-state index in [1.807, 2.05) is 13.8 Å². The molecule has 0 aliphatic carbocycles. The van der Waals surface area contributed by atoms with Gasteiger partial charge in [0.25, 0.3) is 5.91 Å². The van der Waals surface area contributed by atoms with Gasteiger partial charge >= 0.3 is 0 Å². The Labute approximate surface area is 134 Å². The number of methoxy groups -OCH3 is 1. The monoisotopic (exact) mass is 313 g/mol. The van der Waals surface area contributed by atoms with Crippen molar-refractivity contribution in [1.29, 1.82) is 0 Å². The molecule has 0 saturated carbocycles. The maximum absolute atomic E-state index is 12.1. The molecule has 1 aromatic carbocycles. The normalized spacial score (nSPS) is 10.3. The summed E-state index contributed by atoms with van der Waals surface area (Å²) in [4.78, 5) is 27.7. The highest BCUT2D eigenvalue weighted by Gasteiger charge is 2.09. The number of carbonyl (C=O) groups is 2. The summed E-state index contributed by atoms with van der Waals surface area (Å²) in [5.74, 6) is 0.0500. The SMILES string of the molecule is COc1ccc(C(=O)Nc2ccc(NC(=O)C(C)C)cc2)cn1. The summed E-state index contributed by atoms with van der Waals surface area (Å²) in [6, 6.07) is 10.2. The lowest BCUT2D eigenvalue weighted by atomic mass is 10.2. The fraction of sp³-hybridized carbons (Fsp3) is 0.235. The van der Waals surface area contributed by atoms with Crippen LogP contribution in [0.5, 0.6) is 5.88 Å². The van der Waals surface area contributed by atoms with Crippen LogP contribution in [0.25, 0.3) is 0 Å². The molecule has 120 valence electrons. The van der Waals surface area contributed by atoms with E-state index in [2.05, 4.69) is 15.6 Å². The second kappa shape index (κ2) is 7.40. The Bertz CT molecular complexity index is 679. The summed E-state index contributed by atoms with van der Waals surface area (Å²) in [6.07, 6.45) is 1.45. The van der Waals surface area contributed by atoms with Crippen LogP contribution in [0.2, 0.25) is 0 Å². The van der Waals surface area contributed by atoms with Gasteiger partial charge in [-0.15, -0.1) is 0 Å². The zero-order chi connectivity index (χ0) is 16.8. The molecule has 1 heterocycles. The third-order valence-corrected chi connectivity index (χ3v) is 3.14. The number of carbonyl (C=O) groups excluding carboxylic acids is 2. The number of aromatic nitrogens is 1. The van der Waals surface area contributed by atoms with Gasteiger partial charge in [0.15, 0.2) is 0 Å². The Balaban J connectivity index is 1.99. The molecule has 0 radical (unpaired) electrons. The molecule has 0 atom stereocenters. The number of anilines is 2. The molecule has 0 bridgehead atoms. The van der Waals surface area contributed by atoms with Gasteiger partial charge in [-0.3, -0.25) is 9.59 Å². The number of hydrogen-bond acceptors (Lipinski definition) is 4. The van der Waals surface area contributed by atoms with E-state index in [-0.39, 0.29) is 17.7 Å². The Morgan fingerprint density at radius 2 is 1.61 bits per heavy atom. The van der Waals surface area contributed by atoms with Crippen LogP contribution in [-0.4, -0.2) is 23.9 Å². The van der Waals surface area contributed by atoms with E-state index in [1.165, 1.54) is 13.3 Å². The van der Waals surface area contributed by atoms with Crippen LogP contribution in [0.4, 0.5) is 11.4 Å². The summed E-state index contributed by atoms with van der Waals surface area (Å²) in [7, 11) is 1.52. The number of pyridine rings is 1. The predicted octanol–water partition coefficient (Wildman–Crippen LogP) is 2.94. The highest BCUT2D eigenvalue weighted by atomic mass is 16.5. The molecule has 0 aliphatic heterocycles. The Morgan fingerprint density at radius 3 is 2.09 bits per heavy atom. The van der Waals surface area contributed by atoms with Gasteiger partial charge in [-0.25, -0.2) is 4.98 Å². The topological polar surface area (TPSA) is 80.3 Å². The Hall–Kier alpha value is -2.89. The number of benzene rings is 1. The van der Waals surface area contributed by atoms with Crippen molar-refractivity contribution in [3.8, 4) is 5.88 Å². The number of amides is 2. The molecule has 6 heteroatoms. The molecule has 0 saturated heterocycles. The third-order valence-electron chi connectivity index (χ3n) is 3.14. The lowest BCUT2D eigenvalue weighted by Crippen LogP contribution is -2.17. The van der Waals surface area contributed by atoms with Gasteiger partial charge in [0.2, 0.25) is 11.8 Å². The number of hydrogen-bond donors (Lipinski definition) is 2. The lowest BCUT2D eigenvalue weighted by Gasteiger charge is -2.09. The second-order valence-electron chi connectivity index (χ2n) is 5.26. The van der Waals surface area contributed by atoms with Crippen molar-refractivity contribution in [2.75, 3.05) is 17.7 Å². The van der Waals surface area contributed by atoms with Crippen molar-refractivity contribution in [2.24, 2.45) is 5.92 Å². The standard InChI is InChI=1S/C17H19N3O3/c1-11(2)16(21)19-13-5-7-14(8-6-13)20-17(22)12-4-9-15(23-3)18-10-12/h4-11H,1-3H3,(H,19,21)(H,20,22). The molecule has 6 nitrogen and oxygen atoms in total. The molecular formula is C17H19N3O3. The van der Waals surface area contributed by atoms with Gasteiger partial charge in [-0.1, -0.05) is 13.8 Å². The van der Waals surface area contributed by atoms with E-state index in [0.29, 0.717) is 22.8 Å². The predicted molar refractivity (Wildman–Crippen MR) is 88.7 cm³/mol. The van der Waals surface area contributed by atoms with Crippen LogP contribution in [0.3, 0.4) is 0 Å². The molecule has 0 fully saturated rings. The first-order valence-electron chi connectivity index (χ1n) is 7.22. The van der Waals surface area contributed by atoms with Crippen molar-refractivity contribution in [2.45, 2.75) is 13.8 Å². The van der Waals surface area contributed by atoms with Crippen molar-refractivity contribution in [3.05, 3.63) is 48.2 Å². The Kier molecular flexibility index (Phi) is 5.30. The molecule has 0 spiro atoms. The van der Waals surface area contributed by atoms with Gasteiger partial charge in [-0.05, 0) is 30.3 Å². The second-order valence-corrected chi connectivity index (χ2v) is 5.26. The average molecular weight is 313 g/mol. The van der Waals surface area contributed by atoms with Crippen LogP contribution in [-0.2, 0) is 4.79 Å². The number of nitrogens with zero attached hydrogens (tertiary/aromatic N) is 1.